The van der Waals surface area contributed by atoms with Gasteiger partial charge in [0.1, 0.15) is 0 Å². The van der Waals surface area contributed by atoms with E-state index in [4.69, 9.17) is 0 Å². The highest BCUT2D eigenvalue weighted by Gasteiger charge is 2.23. The second-order valence-electron chi connectivity index (χ2n) is 6.45. The van der Waals surface area contributed by atoms with Crippen LogP contribution in [-0.4, -0.2) is 29.9 Å². The van der Waals surface area contributed by atoms with Crippen LogP contribution in [0.3, 0.4) is 0 Å². The fourth-order valence-corrected chi connectivity index (χ4v) is 3.38. The van der Waals surface area contributed by atoms with E-state index in [1.54, 1.807) is 6.92 Å². The van der Waals surface area contributed by atoms with Crippen LogP contribution in [-0.2, 0) is 11.3 Å². The number of nitrogens with one attached hydrogen (secondary N) is 1. The number of rotatable bonds is 4. The average molecular weight is 308 g/mol. The molecule has 1 unspecified atom stereocenters. The molecule has 2 aromatic carbocycles. The highest BCUT2D eigenvalue weighted by atomic mass is 16.1. The fourth-order valence-electron chi connectivity index (χ4n) is 3.38. The molecule has 0 aliphatic carbocycles. The number of carbonyl (C=O) groups is 1. The van der Waals surface area contributed by atoms with E-state index in [1.807, 2.05) is 0 Å². The monoisotopic (exact) mass is 308 g/mol. The van der Waals surface area contributed by atoms with Crippen LogP contribution in [0.4, 0.5) is 0 Å². The number of carbonyl (C=O) groups excluding carboxylic acids is 1. The quantitative estimate of drug-likeness (QED) is 0.939. The van der Waals surface area contributed by atoms with Crippen LogP contribution in [0.25, 0.3) is 11.1 Å². The number of likely N-dealkylation sites (tertiary alicyclic amines) is 1. The number of nitrogens with zero attached hydrogens (tertiary/aromatic N) is 1. The molecule has 1 atom stereocenters. The Balaban J connectivity index is 1.78. The Bertz CT molecular complexity index is 681. The fraction of sp³-hybridized carbons (Fsp3) is 0.350. The molecule has 1 heterocycles. The molecular weight excluding hydrogens is 284 g/mol. The summed E-state index contributed by atoms with van der Waals surface area (Å²) in [5, 5.41) is 3.03. The van der Waals surface area contributed by atoms with Crippen molar-refractivity contribution in [3.05, 3.63) is 59.7 Å². The number of hydrogen-bond acceptors (Lipinski definition) is 2. The number of hydrogen-bond donors (Lipinski definition) is 1. The van der Waals surface area contributed by atoms with E-state index in [0.717, 1.165) is 26.1 Å². The van der Waals surface area contributed by atoms with Crippen molar-refractivity contribution in [1.29, 1.82) is 0 Å². The molecule has 1 aliphatic heterocycles. The SMILES string of the molecule is CC(=O)NC1CCN(Cc2cc(C)ccc2-c2ccccc2)C1. The van der Waals surface area contributed by atoms with Gasteiger partial charge in [-0.25, -0.2) is 0 Å². The molecule has 1 fully saturated rings. The molecule has 3 rings (SSSR count). The molecule has 2 aromatic rings. The lowest BCUT2D eigenvalue weighted by atomic mass is 9.97. The minimum atomic E-state index is 0.0670. The zero-order valence-corrected chi connectivity index (χ0v) is 13.9. The minimum absolute atomic E-state index is 0.0670. The summed E-state index contributed by atoms with van der Waals surface area (Å²) < 4.78 is 0. The van der Waals surface area contributed by atoms with E-state index in [9.17, 15) is 4.79 Å². The summed E-state index contributed by atoms with van der Waals surface area (Å²) in [6.45, 7) is 6.63. The maximum atomic E-state index is 11.2. The molecule has 3 heteroatoms. The van der Waals surface area contributed by atoms with Gasteiger partial charge >= 0.3 is 0 Å². The van der Waals surface area contributed by atoms with Gasteiger partial charge in [-0.15, -0.1) is 0 Å². The molecule has 1 aliphatic rings. The highest BCUT2D eigenvalue weighted by Crippen LogP contribution is 2.26. The van der Waals surface area contributed by atoms with Crippen LogP contribution >= 0.6 is 0 Å². The van der Waals surface area contributed by atoms with Gasteiger partial charge in [0.05, 0.1) is 0 Å². The molecule has 1 amide bonds. The van der Waals surface area contributed by atoms with Crippen LogP contribution in [0.15, 0.2) is 48.5 Å². The molecule has 0 aromatic heterocycles. The Morgan fingerprint density at radius 2 is 2.00 bits per heavy atom. The lowest BCUT2D eigenvalue weighted by Gasteiger charge is -2.19. The van der Waals surface area contributed by atoms with Crippen LogP contribution in [0.1, 0.15) is 24.5 Å². The molecule has 0 saturated carbocycles. The topological polar surface area (TPSA) is 32.3 Å². The van der Waals surface area contributed by atoms with Crippen molar-refractivity contribution in [3.63, 3.8) is 0 Å². The number of aryl methyl sites for hydroxylation is 1. The van der Waals surface area contributed by atoms with Crippen molar-refractivity contribution in [2.24, 2.45) is 0 Å². The van der Waals surface area contributed by atoms with Gasteiger partial charge in [-0.05, 0) is 30.0 Å². The van der Waals surface area contributed by atoms with Gasteiger partial charge in [-0.3, -0.25) is 9.69 Å². The van der Waals surface area contributed by atoms with Crippen LogP contribution in [0.5, 0.6) is 0 Å². The van der Waals surface area contributed by atoms with Gasteiger partial charge in [0.15, 0.2) is 0 Å². The molecule has 1 N–H and O–H groups in total. The van der Waals surface area contributed by atoms with E-state index < -0.39 is 0 Å². The second-order valence-corrected chi connectivity index (χ2v) is 6.45. The predicted octanol–water partition coefficient (Wildman–Crippen LogP) is 3.37. The molecule has 23 heavy (non-hydrogen) atoms. The minimum Gasteiger partial charge on any atom is -0.352 e. The second kappa shape index (κ2) is 6.97. The van der Waals surface area contributed by atoms with Gasteiger partial charge in [0.2, 0.25) is 5.91 Å². The summed E-state index contributed by atoms with van der Waals surface area (Å²) in [6.07, 6.45) is 1.03. The highest BCUT2D eigenvalue weighted by molar-refractivity contribution is 5.73. The van der Waals surface area contributed by atoms with Crippen LogP contribution in [0, 0.1) is 6.92 Å². The van der Waals surface area contributed by atoms with Gasteiger partial charge in [-0.2, -0.15) is 0 Å². The standard InChI is InChI=1S/C20H24N2O/c1-15-8-9-20(17-6-4-3-5-7-17)18(12-15)13-22-11-10-19(14-22)21-16(2)23/h3-9,12,19H,10-11,13-14H2,1-2H3,(H,21,23). The van der Waals surface area contributed by atoms with E-state index in [0.29, 0.717) is 0 Å². The van der Waals surface area contributed by atoms with Crippen molar-refractivity contribution < 1.29 is 4.79 Å². The molecule has 3 nitrogen and oxygen atoms in total. The lowest BCUT2D eigenvalue weighted by Crippen LogP contribution is -2.35. The summed E-state index contributed by atoms with van der Waals surface area (Å²) in [5.41, 5.74) is 5.22. The Labute approximate surface area is 138 Å². The predicted molar refractivity (Wildman–Crippen MR) is 94.1 cm³/mol. The van der Waals surface area contributed by atoms with E-state index >= 15 is 0 Å². The van der Waals surface area contributed by atoms with E-state index in [-0.39, 0.29) is 11.9 Å². The van der Waals surface area contributed by atoms with Crippen molar-refractivity contribution in [1.82, 2.24) is 10.2 Å². The molecule has 0 bridgehead atoms. The van der Waals surface area contributed by atoms with Crippen molar-refractivity contribution in [2.45, 2.75) is 32.9 Å². The first-order valence-electron chi connectivity index (χ1n) is 8.26. The molecule has 1 saturated heterocycles. The first-order chi connectivity index (χ1) is 11.1. The summed E-state index contributed by atoms with van der Waals surface area (Å²) in [6, 6.07) is 17.5. The Morgan fingerprint density at radius 3 is 2.74 bits per heavy atom. The molecule has 0 spiro atoms. The molecule has 120 valence electrons. The van der Waals surface area contributed by atoms with Crippen LogP contribution in [0.2, 0.25) is 0 Å². The summed E-state index contributed by atoms with van der Waals surface area (Å²) in [7, 11) is 0. The van der Waals surface area contributed by atoms with Gasteiger partial charge in [-0.1, -0.05) is 54.1 Å². The van der Waals surface area contributed by atoms with Crippen molar-refractivity contribution in [2.75, 3.05) is 13.1 Å². The normalized spacial score (nSPS) is 18.1. The van der Waals surface area contributed by atoms with E-state index in [2.05, 4.69) is 65.7 Å². The first-order valence-corrected chi connectivity index (χ1v) is 8.26. The third kappa shape index (κ3) is 3.99. The zero-order valence-electron chi connectivity index (χ0n) is 13.9. The first kappa shape index (κ1) is 15.8. The summed E-state index contributed by atoms with van der Waals surface area (Å²) in [4.78, 5) is 13.7. The van der Waals surface area contributed by atoms with Gasteiger partial charge < -0.3 is 5.32 Å². The Morgan fingerprint density at radius 1 is 1.22 bits per heavy atom. The maximum absolute atomic E-state index is 11.2. The largest absolute Gasteiger partial charge is 0.352 e. The smallest absolute Gasteiger partial charge is 0.217 e. The molecule has 0 radical (unpaired) electrons. The van der Waals surface area contributed by atoms with Crippen molar-refractivity contribution in [3.8, 4) is 11.1 Å². The Hall–Kier alpha value is -2.13. The van der Waals surface area contributed by atoms with Crippen molar-refractivity contribution >= 4 is 5.91 Å². The van der Waals surface area contributed by atoms with E-state index in [1.165, 1.54) is 22.3 Å². The van der Waals surface area contributed by atoms with Gasteiger partial charge in [0, 0.05) is 32.6 Å². The number of benzene rings is 2. The van der Waals surface area contributed by atoms with Gasteiger partial charge in [0.25, 0.3) is 0 Å². The third-order valence-electron chi connectivity index (χ3n) is 4.42. The molecular formula is C20H24N2O. The lowest BCUT2D eigenvalue weighted by molar-refractivity contribution is -0.119. The summed E-state index contributed by atoms with van der Waals surface area (Å²) in [5.74, 6) is 0.0670. The average Bonchev–Trinajstić information content (AvgIpc) is 2.94. The Kier molecular flexibility index (Phi) is 4.77. The maximum Gasteiger partial charge on any atom is 0.217 e. The number of amides is 1. The third-order valence-corrected chi connectivity index (χ3v) is 4.42. The van der Waals surface area contributed by atoms with Crippen LogP contribution < -0.4 is 5.32 Å². The summed E-state index contributed by atoms with van der Waals surface area (Å²) >= 11 is 0. The zero-order chi connectivity index (χ0) is 16.2.